The number of aromatic nitrogens is 3. The van der Waals surface area contributed by atoms with Crippen molar-refractivity contribution < 1.29 is 14.3 Å². The third kappa shape index (κ3) is 3.14. The molecule has 0 bridgehead atoms. The van der Waals surface area contributed by atoms with Crippen molar-refractivity contribution in [3.8, 4) is 5.75 Å². The molecule has 33 heavy (non-hydrogen) atoms. The maximum atomic E-state index is 11.9. The quantitative estimate of drug-likeness (QED) is 0.438. The lowest BCUT2D eigenvalue weighted by Gasteiger charge is -2.38. The van der Waals surface area contributed by atoms with E-state index in [1.54, 1.807) is 29.8 Å². The Labute approximate surface area is 194 Å². The molecule has 1 N–H and O–H groups in total. The van der Waals surface area contributed by atoms with Crippen molar-refractivity contribution in [3.63, 3.8) is 0 Å². The summed E-state index contributed by atoms with van der Waals surface area (Å²) in [5.74, 6) is 1.13. The van der Waals surface area contributed by atoms with E-state index in [-0.39, 0.29) is 18.1 Å². The van der Waals surface area contributed by atoms with Gasteiger partial charge in [-0.1, -0.05) is 29.8 Å². The van der Waals surface area contributed by atoms with E-state index in [1.807, 2.05) is 35.0 Å². The third-order valence-corrected chi connectivity index (χ3v) is 6.94. The molecule has 0 saturated carbocycles. The predicted octanol–water partition coefficient (Wildman–Crippen LogP) is 4.99. The number of methoxy groups -OCH3 is 1. The van der Waals surface area contributed by atoms with E-state index in [9.17, 15) is 4.79 Å². The Balaban J connectivity index is 1.57. The summed E-state index contributed by atoms with van der Waals surface area (Å²) in [6, 6.07) is 17.5. The van der Waals surface area contributed by atoms with Crippen LogP contribution in [-0.2, 0) is 4.74 Å². The van der Waals surface area contributed by atoms with Gasteiger partial charge >= 0.3 is 5.97 Å². The standard InChI is InChI=1S/C25H20N4O3S/c1-14-5-10-18-17(12-14)21-20(23(32-18)15-6-8-16(9-7-15)24(30)31-2)22(19-4-3-11-33-19)29-25(28-21)26-13-27-29/h3-13,22-23H,1-2H3,(H,26,27,28)/t22-,23+/m0/s1. The molecule has 164 valence electrons. The third-order valence-electron chi connectivity index (χ3n) is 6.02. The smallest absolute Gasteiger partial charge is 0.337 e. The molecule has 8 heteroatoms. The number of fused-ring (bicyclic) bond motifs is 3. The molecule has 0 saturated heterocycles. The van der Waals surface area contributed by atoms with Gasteiger partial charge in [0.2, 0.25) is 5.95 Å². The molecule has 0 amide bonds. The van der Waals surface area contributed by atoms with E-state index in [0.717, 1.165) is 38.6 Å². The maximum Gasteiger partial charge on any atom is 0.337 e. The Morgan fingerprint density at radius 1 is 1.18 bits per heavy atom. The monoisotopic (exact) mass is 456 g/mol. The van der Waals surface area contributed by atoms with Gasteiger partial charge in [-0.3, -0.25) is 0 Å². The molecule has 4 aromatic rings. The highest BCUT2D eigenvalue weighted by atomic mass is 32.1. The Bertz CT molecular complexity index is 1390. The first-order valence-corrected chi connectivity index (χ1v) is 11.4. The number of carbonyl (C=O) groups is 1. The van der Waals surface area contributed by atoms with Gasteiger partial charge in [-0.05, 0) is 48.2 Å². The molecule has 6 rings (SSSR count). The second-order valence-electron chi connectivity index (χ2n) is 8.01. The molecule has 0 fully saturated rings. The van der Waals surface area contributed by atoms with E-state index in [0.29, 0.717) is 11.5 Å². The van der Waals surface area contributed by atoms with Crippen molar-refractivity contribution in [2.45, 2.75) is 19.1 Å². The van der Waals surface area contributed by atoms with Crippen LogP contribution in [0.4, 0.5) is 5.95 Å². The number of hydrogen-bond acceptors (Lipinski definition) is 7. The van der Waals surface area contributed by atoms with Crippen molar-refractivity contribution in [1.29, 1.82) is 0 Å². The number of thiophene rings is 1. The number of benzene rings is 2. The largest absolute Gasteiger partial charge is 0.480 e. The van der Waals surface area contributed by atoms with Crippen molar-refractivity contribution in [3.05, 3.63) is 99.0 Å². The molecule has 2 aromatic carbocycles. The second-order valence-corrected chi connectivity index (χ2v) is 8.99. The number of anilines is 1. The van der Waals surface area contributed by atoms with E-state index < -0.39 is 0 Å². The SMILES string of the molecule is COC(=O)c1ccc([C@H]2Oc3ccc(C)cc3C3=C2[C@H](c2cccs2)n2ncnc2N3)cc1. The number of nitrogens with one attached hydrogen (secondary N) is 1. The van der Waals surface area contributed by atoms with E-state index >= 15 is 0 Å². The minimum atomic E-state index is -0.376. The summed E-state index contributed by atoms with van der Waals surface area (Å²) in [7, 11) is 1.38. The molecule has 0 radical (unpaired) electrons. The zero-order chi connectivity index (χ0) is 22.5. The molecular weight excluding hydrogens is 436 g/mol. The van der Waals surface area contributed by atoms with Crippen LogP contribution >= 0.6 is 11.3 Å². The number of nitrogens with zero attached hydrogens (tertiary/aromatic N) is 3. The number of rotatable bonds is 3. The first kappa shape index (κ1) is 19.8. The fraction of sp³-hybridized carbons (Fsp3) is 0.160. The van der Waals surface area contributed by atoms with Gasteiger partial charge in [0.05, 0.1) is 18.4 Å². The van der Waals surface area contributed by atoms with Crippen LogP contribution in [0.2, 0.25) is 0 Å². The highest BCUT2D eigenvalue weighted by Gasteiger charge is 2.41. The molecule has 0 unspecified atom stereocenters. The second kappa shape index (κ2) is 7.60. The molecule has 0 spiro atoms. The molecule has 2 aliphatic heterocycles. The molecule has 7 nitrogen and oxygen atoms in total. The molecule has 2 aliphatic rings. The Morgan fingerprint density at radius 3 is 2.79 bits per heavy atom. The van der Waals surface area contributed by atoms with Crippen LogP contribution in [0.25, 0.3) is 5.70 Å². The normalized spacial score (nSPS) is 18.5. The molecule has 4 heterocycles. The molecule has 2 aromatic heterocycles. The highest BCUT2D eigenvalue weighted by Crippen LogP contribution is 2.51. The molecule has 2 atom stereocenters. The van der Waals surface area contributed by atoms with Crippen LogP contribution in [0.3, 0.4) is 0 Å². The number of hydrogen-bond donors (Lipinski definition) is 1. The van der Waals surface area contributed by atoms with Crippen molar-refractivity contribution in [1.82, 2.24) is 14.8 Å². The van der Waals surface area contributed by atoms with Gasteiger partial charge in [0.1, 0.15) is 24.2 Å². The lowest BCUT2D eigenvalue weighted by atomic mass is 9.86. The summed E-state index contributed by atoms with van der Waals surface area (Å²) >= 11 is 1.68. The number of carbonyl (C=O) groups excluding carboxylic acids is 1. The zero-order valence-corrected chi connectivity index (χ0v) is 18.8. The van der Waals surface area contributed by atoms with E-state index in [1.165, 1.54) is 7.11 Å². The van der Waals surface area contributed by atoms with E-state index in [2.05, 4.69) is 39.8 Å². The Kier molecular flexibility index (Phi) is 4.55. The van der Waals surface area contributed by atoms with Gasteiger partial charge in [-0.25, -0.2) is 9.48 Å². The minimum Gasteiger partial charge on any atom is -0.480 e. The van der Waals surface area contributed by atoms with Gasteiger partial charge in [-0.2, -0.15) is 10.1 Å². The van der Waals surface area contributed by atoms with Crippen LogP contribution in [0.5, 0.6) is 5.75 Å². The average molecular weight is 457 g/mol. The lowest BCUT2D eigenvalue weighted by molar-refractivity contribution is 0.0600. The van der Waals surface area contributed by atoms with Gasteiger partial charge in [0.15, 0.2) is 0 Å². The van der Waals surface area contributed by atoms with Crippen LogP contribution in [0.1, 0.15) is 44.1 Å². The average Bonchev–Trinajstić information content (AvgIpc) is 3.54. The summed E-state index contributed by atoms with van der Waals surface area (Å²) in [6.07, 6.45) is 1.19. The number of esters is 1. The highest BCUT2D eigenvalue weighted by molar-refractivity contribution is 7.10. The summed E-state index contributed by atoms with van der Waals surface area (Å²) in [6.45, 7) is 2.07. The van der Waals surface area contributed by atoms with Crippen molar-refractivity contribution in [2.75, 3.05) is 12.4 Å². The predicted molar refractivity (Wildman–Crippen MR) is 125 cm³/mol. The van der Waals surface area contributed by atoms with E-state index in [4.69, 9.17) is 9.47 Å². The number of aryl methyl sites for hydroxylation is 1. The van der Waals surface area contributed by atoms with Crippen LogP contribution in [-0.4, -0.2) is 27.8 Å². The topological polar surface area (TPSA) is 78.3 Å². The first-order chi connectivity index (χ1) is 16.1. The summed E-state index contributed by atoms with van der Waals surface area (Å²) in [4.78, 5) is 17.6. The molecule has 0 aliphatic carbocycles. The lowest BCUT2D eigenvalue weighted by Crippen LogP contribution is -2.32. The van der Waals surface area contributed by atoms with Gasteiger partial charge in [0.25, 0.3) is 0 Å². The van der Waals surface area contributed by atoms with Gasteiger partial charge < -0.3 is 14.8 Å². The zero-order valence-electron chi connectivity index (χ0n) is 18.0. The van der Waals surface area contributed by atoms with Crippen LogP contribution in [0, 0.1) is 6.92 Å². The fourth-order valence-electron chi connectivity index (χ4n) is 4.49. The van der Waals surface area contributed by atoms with Crippen molar-refractivity contribution in [2.24, 2.45) is 0 Å². The summed E-state index contributed by atoms with van der Waals surface area (Å²) in [5.41, 5.74) is 5.63. The van der Waals surface area contributed by atoms with Gasteiger partial charge in [-0.15, -0.1) is 11.3 Å². The summed E-state index contributed by atoms with van der Waals surface area (Å²) in [5, 5.41) is 10.1. The fourth-order valence-corrected chi connectivity index (χ4v) is 5.32. The van der Waals surface area contributed by atoms with Gasteiger partial charge in [0, 0.05) is 16.0 Å². The maximum absolute atomic E-state index is 11.9. The molecular formula is C25H20N4O3S. The minimum absolute atomic E-state index is 0.169. The first-order valence-electron chi connectivity index (χ1n) is 10.5. The van der Waals surface area contributed by atoms with Crippen LogP contribution < -0.4 is 10.1 Å². The Hall–Kier alpha value is -3.91. The van der Waals surface area contributed by atoms with Crippen molar-refractivity contribution >= 4 is 29.0 Å². The Morgan fingerprint density at radius 2 is 2.03 bits per heavy atom. The summed E-state index contributed by atoms with van der Waals surface area (Å²) < 4.78 is 13.4. The number of ether oxygens (including phenoxy) is 2. The van der Waals surface area contributed by atoms with Crippen LogP contribution in [0.15, 0.2) is 71.9 Å².